The predicted octanol–water partition coefficient (Wildman–Crippen LogP) is 4.60. The van der Waals surface area contributed by atoms with E-state index in [0.717, 1.165) is 32.2 Å². The van der Waals surface area contributed by atoms with E-state index >= 15 is 0 Å². The van der Waals surface area contributed by atoms with Crippen molar-refractivity contribution in [1.82, 2.24) is 10.3 Å². The number of nitrogens with zero attached hydrogens (tertiary/aromatic N) is 1. The van der Waals surface area contributed by atoms with E-state index < -0.39 is 0 Å². The van der Waals surface area contributed by atoms with Crippen LogP contribution in [0.5, 0.6) is 5.75 Å². The fourth-order valence-electron chi connectivity index (χ4n) is 2.07. The molecule has 1 aromatic heterocycles. The number of aryl methyl sites for hydroxylation is 2. The van der Waals surface area contributed by atoms with Crippen LogP contribution in [0.2, 0.25) is 0 Å². The summed E-state index contributed by atoms with van der Waals surface area (Å²) in [6, 6.07) is 4.66. The van der Waals surface area contributed by atoms with Gasteiger partial charge in [0.25, 0.3) is 0 Å². The highest BCUT2D eigenvalue weighted by Crippen LogP contribution is 2.29. The maximum absolute atomic E-state index is 6.06. The third kappa shape index (κ3) is 4.80. The van der Waals surface area contributed by atoms with Crippen LogP contribution < -0.4 is 10.1 Å². The Bertz CT molecular complexity index is 610. The van der Waals surface area contributed by atoms with Crippen molar-refractivity contribution >= 4 is 27.3 Å². The summed E-state index contributed by atoms with van der Waals surface area (Å²) in [5, 5.41) is 4.52. The monoisotopic (exact) mass is 368 g/mol. The Morgan fingerprint density at radius 1 is 1.33 bits per heavy atom. The molecule has 0 aliphatic heterocycles. The fourth-order valence-corrected chi connectivity index (χ4v) is 3.39. The molecule has 2 aromatic rings. The van der Waals surface area contributed by atoms with Crippen molar-refractivity contribution in [2.24, 2.45) is 0 Å². The van der Waals surface area contributed by atoms with Crippen molar-refractivity contribution in [2.75, 3.05) is 0 Å². The van der Waals surface area contributed by atoms with Gasteiger partial charge in [0.1, 0.15) is 12.4 Å². The van der Waals surface area contributed by atoms with Gasteiger partial charge in [0.2, 0.25) is 0 Å². The molecule has 114 valence electrons. The third-order valence-corrected chi connectivity index (χ3v) is 4.39. The van der Waals surface area contributed by atoms with Crippen LogP contribution in [0.15, 0.2) is 22.8 Å². The molecule has 21 heavy (non-hydrogen) atoms. The summed E-state index contributed by atoms with van der Waals surface area (Å²) in [7, 11) is 0. The lowest BCUT2D eigenvalue weighted by molar-refractivity contribution is 0.302. The molecule has 0 atom stereocenters. The first-order chi connectivity index (χ1) is 9.95. The van der Waals surface area contributed by atoms with Crippen molar-refractivity contribution in [2.45, 2.75) is 46.9 Å². The van der Waals surface area contributed by atoms with E-state index in [9.17, 15) is 0 Å². The fraction of sp³-hybridized carbons (Fsp3) is 0.438. The summed E-state index contributed by atoms with van der Waals surface area (Å²) >= 11 is 5.24. The van der Waals surface area contributed by atoms with Gasteiger partial charge in [-0.2, -0.15) is 0 Å². The van der Waals surface area contributed by atoms with E-state index in [2.05, 4.69) is 59.1 Å². The van der Waals surface area contributed by atoms with Crippen LogP contribution in [-0.4, -0.2) is 11.0 Å². The molecule has 0 bridgehead atoms. The molecule has 0 fully saturated rings. The molecule has 1 aromatic carbocycles. The van der Waals surface area contributed by atoms with E-state index in [-0.39, 0.29) is 0 Å². The van der Waals surface area contributed by atoms with Crippen LogP contribution in [0.4, 0.5) is 0 Å². The summed E-state index contributed by atoms with van der Waals surface area (Å²) in [5.74, 6) is 0.970. The Labute approximate surface area is 138 Å². The zero-order chi connectivity index (χ0) is 15.4. The van der Waals surface area contributed by atoms with Gasteiger partial charge >= 0.3 is 0 Å². The van der Waals surface area contributed by atoms with Gasteiger partial charge in [-0.05, 0) is 31.5 Å². The van der Waals surface area contributed by atoms with Gasteiger partial charge in [0.15, 0.2) is 0 Å². The Morgan fingerprint density at radius 3 is 2.71 bits per heavy atom. The van der Waals surface area contributed by atoms with Crippen molar-refractivity contribution in [1.29, 1.82) is 0 Å². The summed E-state index contributed by atoms with van der Waals surface area (Å²) in [6.07, 6.45) is 1.89. The average molecular weight is 369 g/mol. The Kier molecular flexibility index (Phi) is 5.79. The van der Waals surface area contributed by atoms with E-state index in [4.69, 9.17) is 4.74 Å². The van der Waals surface area contributed by atoms with Crippen LogP contribution in [0, 0.1) is 13.8 Å². The zero-order valence-corrected chi connectivity index (χ0v) is 15.3. The molecule has 0 aliphatic carbocycles. The molecule has 0 unspecified atom stereocenters. The Morgan fingerprint density at radius 2 is 2.10 bits per heavy atom. The molecule has 1 N–H and O–H groups in total. The van der Waals surface area contributed by atoms with Crippen molar-refractivity contribution in [3.05, 3.63) is 43.8 Å². The van der Waals surface area contributed by atoms with Gasteiger partial charge in [-0.15, -0.1) is 11.3 Å². The highest BCUT2D eigenvalue weighted by Gasteiger charge is 2.10. The molecule has 0 spiro atoms. The molecule has 3 nitrogen and oxygen atoms in total. The van der Waals surface area contributed by atoms with Crippen molar-refractivity contribution < 1.29 is 4.74 Å². The van der Waals surface area contributed by atoms with Crippen LogP contribution in [0.1, 0.15) is 34.9 Å². The van der Waals surface area contributed by atoms with Crippen molar-refractivity contribution in [3.8, 4) is 5.75 Å². The SMILES string of the molecule is Cc1ncc(COc2c(C)cc(Br)cc2CNC(C)C)s1. The number of benzene rings is 1. The number of rotatable bonds is 6. The molecule has 0 saturated heterocycles. The first kappa shape index (κ1) is 16.5. The van der Waals surface area contributed by atoms with Gasteiger partial charge in [0.05, 0.1) is 9.88 Å². The zero-order valence-electron chi connectivity index (χ0n) is 12.9. The number of halogens is 1. The topological polar surface area (TPSA) is 34.1 Å². The second kappa shape index (κ2) is 7.38. The smallest absolute Gasteiger partial charge is 0.127 e. The highest BCUT2D eigenvalue weighted by molar-refractivity contribution is 9.10. The molecular formula is C16H21BrN2OS. The standard InChI is InChI=1S/C16H21BrN2OS/c1-10(2)18-7-13-6-14(17)5-11(3)16(13)20-9-15-8-19-12(4)21-15/h5-6,8,10,18H,7,9H2,1-4H3. The Balaban J connectivity index is 2.15. The molecule has 0 saturated carbocycles. The lowest BCUT2D eigenvalue weighted by Gasteiger charge is -2.16. The molecule has 1 heterocycles. The number of nitrogens with one attached hydrogen (secondary N) is 1. The van der Waals surface area contributed by atoms with Crippen LogP contribution in [0.3, 0.4) is 0 Å². The summed E-state index contributed by atoms with van der Waals surface area (Å²) in [4.78, 5) is 5.42. The summed E-state index contributed by atoms with van der Waals surface area (Å²) in [6.45, 7) is 9.75. The lowest BCUT2D eigenvalue weighted by atomic mass is 10.1. The predicted molar refractivity (Wildman–Crippen MR) is 92.0 cm³/mol. The van der Waals surface area contributed by atoms with Crippen LogP contribution in [-0.2, 0) is 13.2 Å². The van der Waals surface area contributed by atoms with Gasteiger partial charge < -0.3 is 10.1 Å². The second-order valence-electron chi connectivity index (χ2n) is 5.38. The van der Waals surface area contributed by atoms with E-state index in [1.165, 1.54) is 5.56 Å². The van der Waals surface area contributed by atoms with E-state index in [1.807, 2.05) is 13.1 Å². The quantitative estimate of drug-likeness (QED) is 0.808. The van der Waals surface area contributed by atoms with Crippen LogP contribution >= 0.6 is 27.3 Å². The Hall–Kier alpha value is -0.910. The van der Waals surface area contributed by atoms with Crippen molar-refractivity contribution in [3.63, 3.8) is 0 Å². The van der Waals surface area contributed by atoms with Gasteiger partial charge in [-0.3, -0.25) is 0 Å². The minimum atomic E-state index is 0.446. The molecule has 0 radical (unpaired) electrons. The molecule has 0 amide bonds. The average Bonchev–Trinajstić information content (AvgIpc) is 2.80. The first-order valence-corrected chi connectivity index (χ1v) is 8.63. The number of aromatic nitrogens is 1. The number of ether oxygens (including phenoxy) is 1. The van der Waals surface area contributed by atoms with E-state index in [1.54, 1.807) is 11.3 Å². The summed E-state index contributed by atoms with van der Waals surface area (Å²) < 4.78 is 7.15. The van der Waals surface area contributed by atoms with Gasteiger partial charge in [0, 0.05) is 28.8 Å². The maximum Gasteiger partial charge on any atom is 0.127 e. The molecular weight excluding hydrogens is 348 g/mol. The molecule has 2 rings (SSSR count). The number of thiazole rings is 1. The lowest BCUT2D eigenvalue weighted by Crippen LogP contribution is -2.22. The minimum absolute atomic E-state index is 0.446. The first-order valence-electron chi connectivity index (χ1n) is 7.02. The van der Waals surface area contributed by atoms with E-state index in [0.29, 0.717) is 12.6 Å². The molecule has 5 heteroatoms. The number of hydrogen-bond acceptors (Lipinski definition) is 4. The van der Waals surface area contributed by atoms with Crippen LogP contribution in [0.25, 0.3) is 0 Å². The molecule has 0 aliphatic rings. The van der Waals surface area contributed by atoms with Gasteiger partial charge in [-0.1, -0.05) is 29.8 Å². The second-order valence-corrected chi connectivity index (χ2v) is 7.62. The normalized spacial score (nSPS) is 11.1. The third-order valence-electron chi connectivity index (χ3n) is 3.04. The highest BCUT2D eigenvalue weighted by atomic mass is 79.9. The largest absolute Gasteiger partial charge is 0.487 e. The minimum Gasteiger partial charge on any atom is -0.487 e. The summed E-state index contributed by atoms with van der Waals surface area (Å²) in [5.41, 5.74) is 2.32. The number of hydrogen-bond donors (Lipinski definition) is 1. The maximum atomic E-state index is 6.06. The van der Waals surface area contributed by atoms with Gasteiger partial charge in [-0.25, -0.2) is 4.98 Å².